The Hall–Kier alpha value is -5.60. The van der Waals surface area contributed by atoms with Crippen LogP contribution in [0.25, 0.3) is 11.1 Å². The van der Waals surface area contributed by atoms with Crippen LogP contribution < -0.4 is 26.0 Å². The van der Waals surface area contributed by atoms with E-state index in [0.717, 1.165) is 11.1 Å². The van der Waals surface area contributed by atoms with Gasteiger partial charge in [0.05, 0.1) is 31.8 Å². The zero-order valence-corrected chi connectivity index (χ0v) is 25.2. The Kier molecular flexibility index (Phi) is 13.6. The van der Waals surface area contributed by atoms with Crippen molar-refractivity contribution in [3.63, 3.8) is 0 Å². The van der Waals surface area contributed by atoms with Gasteiger partial charge in [0.15, 0.2) is 0 Å². The van der Waals surface area contributed by atoms with Crippen LogP contribution in [0.15, 0.2) is 78.9 Å². The van der Waals surface area contributed by atoms with Gasteiger partial charge in [-0.1, -0.05) is 66.7 Å². The number of carbonyl (C=O) groups excluding carboxylic acids is 5. The number of halogens is 3. The van der Waals surface area contributed by atoms with Gasteiger partial charge in [0, 0.05) is 13.0 Å². The molecule has 0 heterocycles. The lowest BCUT2D eigenvalue weighted by atomic mass is 9.99. The minimum Gasteiger partial charge on any atom is -0.495 e. The van der Waals surface area contributed by atoms with Gasteiger partial charge in [0.25, 0.3) is 0 Å². The summed E-state index contributed by atoms with van der Waals surface area (Å²) < 4.78 is 42.4. The van der Waals surface area contributed by atoms with Gasteiger partial charge < -0.3 is 26.0 Å². The average Bonchev–Trinajstić information content (AvgIpc) is 3.06. The van der Waals surface area contributed by atoms with Crippen LogP contribution >= 0.6 is 0 Å². The highest BCUT2D eigenvalue weighted by Crippen LogP contribution is 2.25. The second-order valence-electron chi connectivity index (χ2n) is 9.95. The zero-order chi connectivity index (χ0) is 34.2. The van der Waals surface area contributed by atoms with Crippen LogP contribution in [0.5, 0.6) is 5.75 Å². The first kappa shape index (κ1) is 35.9. The lowest BCUT2D eigenvalue weighted by molar-refractivity contribution is -0.286. The molecule has 47 heavy (non-hydrogen) atoms. The fourth-order valence-corrected chi connectivity index (χ4v) is 4.16. The molecule has 15 heteroatoms. The largest absolute Gasteiger partial charge is 0.495 e. The second kappa shape index (κ2) is 17.8. The SMILES string of the molecule is COc1ccccc1NC(=O)NCCCCC(=O)NCC(=O)NC(CC(=O)OOC(=O)C(F)(F)F)c1ccc(-c2ccccc2)cc1. The summed E-state index contributed by atoms with van der Waals surface area (Å²) in [5.74, 6) is -4.71. The summed E-state index contributed by atoms with van der Waals surface area (Å²) in [4.78, 5) is 67.7. The smallest absolute Gasteiger partial charge is 0.495 e. The van der Waals surface area contributed by atoms with Crippen molar-refractivity contribution in [1.82, 2.24) is 16.0 Å². The van der Waals surface area contributed by atoms with Gasteiger partial charge in [-0.25, -0.2) is 24.2 Å². The summed E-state index contributed by atoms with van der Waals surface area (Å²) in [6.45, 7) is -0.178. The molecule has 0 spiro atoms. The number of anilines is 1. The topological polar surface area (TPSA) is 161 Å². The number of amides is 4. The lowest BCUT2D eigenvalue weighted by Gasteiger charge is -2.19. The molecule has 0 aliphatic carbocycles. The van der Waals surface area contributed by atoms with E-state index in [1.54, 1.807) is 48.5 Å². The predicted octanol–water partition coefficient (Wildman–Crippen LogP) is 4.58. The highest BCUT2D eigenvalue weighted by atomic mass is 19.4. The second-order valence-corrected chi connectivity index (χ2v) is 9.95. The minimum absolute atomic E-state index is 0.0599. The van der Waals surface area contributed by atoms with Gasteiger partial charge in [-0.05, 0) is 41.7 Å². The minimum atomic E-state index is -5.37. The monoisotopic (exact) mass is 658 g/mol. The van der Waals surface area contributed by atoms with E-state index < -0.39 is 55.0 Å². The Labute approximate surface area is 267 Å². The number of hydrogen-bond acceptors (Lipinski definition) is 8. The number of rotatable bonds is 14. The maximum absolute atomic E-state index is 12.7. The van der Waals surface area contributed by atoms with Crippen LogP contribution in [0.4, 0.5) is 23.7 Å². The zero-order valence-electron chi connectivity index (χ0n) is 25.2. The highest BCUT2D eigenvalue weighted by Gasteiger charge is 2.43. The van der Waals surface area contributed by atoms with Crippen LogP contribution in [0, 0.1) is 0 Å². The summed E-state index contributed by atoms with van der Waals surface area (Å²) >= 11 is 0. The first-order chi connectivity index (χ1) is 22.5. The van der Waals surface area contributed by atoms with Crippen LogP contribution in [-0.4, -0.2) is 56.2 Å². The molecular formula is C32H33F3N4O8. The van der Waals surface area contributed by atoms with Crippen molar-refractivity contribution in [3.8, 4) is 16.9 Å². The number of carbonyl (C=O) groups is 5. The van der Waals surface area contributed by atoms with Gasteiger partial charge in [-0.2, -0.15) is 13.2 Å². The first-order valence-corrected chi connectivity index (χ1v) is 14.3. The first-order valence-electron chi connectivity index (χ1n) is 14.3. The van der Waals surface area contributed by atoms with Crippen LogP contribution in [0.2, 0.25) is 0 Å². The number of benzene rings is 3. The van der Waals surface area contributed by atoms with Crippen LogP contribution in [0.3, 0.4) is 0 Å². The number of unbranched alkanes of at least 4 members (excludes halogenated alkanes) is 1. The number of alkyl halides is 3. The van der Waals surface area contributed by atoms with Crippen molar-refractivity contribution in [1.29, 1.82) is 0 Å². The lowest BCUT2D eigenvalue weighted by Crippen LogP contribution is -2.39. The molecule has 250 valence electrons. The van der Waals surface area contributed by atoms with Crippen LogP contribution in [-0.2, 0) is 29.0 Å². The Balaban J connectivity index is 1.47. The molecule has 0 saturated heterocycles. The van der Waals surface area contributed by atoms with E-state index in [4.69, 9.17) is 4.74 Å². The Morgan fingerprint density at radius 3 is 2.11 bits per heavy atom. The molecule has 0 aromatic heterocycles. The van der Waals surface area contributed by atoms with E-state index in [0.29, 0.717) is 29.8 Å². The average molecular weight is 659 g/mol. The highest BCUT2D eigenvalue weighted by molar-refractivity contribution is 5.91. The molecule has 0 aliphatic rings. The predicted molar refractivity (Wildman–Crippen MR) is 162 cm³/mol. The molecule has 0 bridgehead atoms. The maximum atomic E-state index is 12.7. The Morgan fingerprint density at radius 2 is 1.43 bits per heavy atom. The molecule has 4 N–H and O–H groups in total. The Morgan fingerprint density at radius 1 is 0.766 bits per heavy atom. The summed E-state index contributed by atoms with van der Waals surface area (Å²) in [6.07, 6.45) is -5.12. The van der Waals surface area contributed by atoms with Crippen molar-refractivity contribution in [2.45, 2.75) is 37.9 Å². The molecular weight excluding hydrogens is 625 g/mol. The van der Waals surface area contributed by atoms with E-state index in [1.807, 2.05) is 30.3 Å². The molecule has 1 unspecified atom stereocenters. The van der Waals surface area contributed by atoms with Crippen molar-refractivity contribution < 1.29 is 51.7 Å². The van der Waals surface area contributed by atoms with Gasteiger partial charge in [-0.3, -0.25) is 9.59 Å². The van der Waals surface area contributed by atoms with Gasteiger partial charge in [-0.15, -0.1) is 0 Å². The summed E-state index contributed by atoms with van der Waals surface area (Å²) in [5.41, 5.74) is 2.61. The third-order valence-electron chi connectivity index (χ3n) is 6.49. The van der Waals surface area contributed by atoms with Gasteiger partial charge in [0.2, 0.25) is 11.8 Å². The molecule has 3 rings (SSSR count). The molecule has 1 atom stereocenters. The molecule has 3 aromatic carbocycles. The fourth-order valence-electron chi connectivity index (χ4n) is 4.16. The third-order valence-corrected chi connectivity index (χ3v) is 6.49. The van der Waals surface area contributed by atoms with E-state index in [-0.39, 0.29) is 13.0 Å². The summed E-state index contributed by atoms with van der Waals surface area (Å²) in [5, 5.41) is 10.3. The van der Waals surface area contributed by atoms with E-state index in [2.05, 4.69) is 31.0 Å². The van der Waals surface area contributed by atoms with E-state index in [9.17, 15) is 37.1 Å². The molecule has 4 amide bonds. The number of hydrogen-bond donors (Lipinski definition) is 4. The fraction of sp³-hybridized carbons (Fsp3) is 0.281. The molecule has 0 saturated carbocycles. The normalized spacial score (nSPS) is 11.4. The van der Waals surface area contributed by atoms with Crippen molar-refractivity contribution in [2.75, 3.05) is 25.5 Å². The number of nitrogens with one attached hydrogen (secondary N) is 4. The molecule has 3 aromatic rings. The van der Waals surface area contributed by atoms with Crippen molar-refractivity contribution >= 4 is 35.5 Å². The van der Waals surface area contributed by atoms with Crippen LogP contribution in [0.1, 0.15) is 37.3 Å². The Bertz CT molecular complexity index is 1520. The number of ether oxygens (including phenoxy) is 1. The summed E-state index contributed by atoms with van der Waals surface area (Å²) in [6, 6.07) is 21.3. The molecule has 12 nitrogen and oxygen atoms in total. The quantitative estimate of drug-likeness (QED) is 0.111. The number of para-hydroxylation sites is 2. The molecule has 0 fully saturated rings. The molecule has 0 aliphatic heterocycles. The van der Waals surface area contributed by atoms with Gasteiger partial charge in [0.1, 0.15) is 5.75 Å². The third kappa shape index (κ3) is 12.4. The van der Waals surface area contributed by atoms with Crippen molar-refractivity contribution in [2.24, 2.45) is 0 Å². The number of urea groups is 1. The summed E-state index contributed by atoms with van der Waals surface area (Å²) in [7, 11) is 1.48. The van der Waals surface area contributed by atoms with E-state index in [1.165, 1.54) is 7.11 Å². The molecule has 0 radical (unpaired) electrons. The standard InChI is InChI=1S/C32H33F3N4O8/c1-45-26-12-6-5-11-24(26)39-31(44)36-18-8-7-13-27(40)37-20-28(41)38-25(19-29(42)46-47-30(43)32(33,34)35)23-16-14-22(15-17-23)21-9-3-2-4-10-21/h2-6,9-12,14-17,25H,7-8,13,18-20H2,1H3,(H,37,40)(H,38,41)(H2,36,39,44). The number of methoxy groups -OCH3 is 1. The van der Waals surface area contributed by atoms with Gasteiger partial charge >= 0.3 is 24.1 Å². The maximum Gasteiger partial charge on any atom is 0.495 e. The van der Waals surface area contributed by atoms with Crippen molar-refractivity contribution in [3.05, 3.63) is 84.4 Å². The van der Waals surface area contributed by atoms with E-state index >= 15 is 0 Å².